The number of alkyl halides is 3. The smallest absolute Gasteiger partial charge is 0.379 e. The Morgan fingerprint density at radius 1 is 0.846 bits per heavy atom. The Labute approximate surface area is 391 Å². The van der Waals surface area contributed by atoms with Gasteiger partial charge in [0.1, 0.15) is 5.75 Å². The maximum absolute atomic E-state index is 14.2. The topological polar surface area (TPSA) is 104 Å². The summed E-state index contributed by atoms with van der Waals surface area (Å²) in [5.74, 6) is -1.56. The third-order valence-corrected chi connectivity index (χ3v) is 17.4. The van der Waals surface area contributed by atoms with Gasteiger partial charge in [0.15, 0.2) is 15.6 Å². The number of carbonyl (C=O) groups excluding carboxylic acids is 1. The molecule has 16 heteroatoms. The molecule has 3 aliphatic rings. The van der Waals surface area contributed by atoms with Gasteiger partial charge in [-0.25, -0.2) is 16.8 Å². The van der Waals surface area contributed by atoms with Crippen LogP contribution >= 0.6 is 23.4 Å². The van der Waals surface area contributed by atoms with Gasteiger partial charge in [0.2, 0.25) is 0 Å². The number of allylic oxidation sites excluding steroid dienone is 1. The number of benzene rings is 4. The third-order valence-electron chi connectivity index (χ3n) is 12.7. The molecule has 0 amide bonds. The van der Waals surface area contributed by atoms with Gasteiger partial charge in [-0.1, -0.05) is 67.4 Å². The predicted molar refractivity (Wildman–Crippen MR) is 253 cm³/mol. The van der Waals surface area contributed by atoms with Crippen LogP contribution in [0.1, 0.15) is 61.0 Å². The first-order valence-corrected chi connectivity index (χ1v) is 26.6. The maximum atomic E-state index is 14.2. The number of nitrogens with zero attached hydrogens (tertiary/aromatic N) is 3. The summed E-state index contributed by atoms with van der Waals surface area (Å²) in [6.45, 7) is 11.9. The Morgan fingerprint density at radius 2 is 1.52 bits per heavy atom. The molecule has 2 fully saturated rings. The molecule has 1 aliphatic carbocycles. The molecule has 0 aromatic heterocycles. The normalized spacial score (nSPS) is 18.5. The lowest BCUT2D eigenvalue weighted by Crippen LogP contribution is -2.47. The Balaban J connectivity index is 1.02. The van der Waals surface area contributed by atoms with E-state index in [2.05, 4.69) is 40.7 Å². The van der Waals surface area contributed by atoms with Crippen molar-refractivity contribution in [2.45, 2.75) is 66.1 Å². The summed E-state index contributed by atoms with van der Waals surface area (Å²) in [7, 11) is -10.5. The molecule has 0 radical (unpaired) electrons. The predicted octanol–water partition coefficient (Wildman–Crippen LogP) is 9.75. The van der Waals surface area contributed by atoms with Gasteiger partial charge >= 0.3 is 5.51 Å². The van der Waals surface area contributed by atoms with Gasteiger partial charge in [-0.2, -0.15) is 13.2 Å². The molecule has 350 valence electrons. The highest BCUT2D eigenvalue weighted by molar-refractivity contribution is 7.99. The Bertz CT molecular complexity index is 2530. The van der Waals surface area contributed by atoms with E-state index in [1.165, 1.54) is 28.5 Å². The first-order valence-electron chi connectivity index (χ1n) is 22.1. The van der Waals surface area contributed by atoms with E-state index in [0.717, 1.165) is 79.7 Å². The molecule has 0 saturated carbocycles. The van der Waals surface area contributed by atoms with Crippen LogP contribution in [0, 0.1) is 11.3 Å². The fourth-order valence-corrected chi connectivity index (χ4v) is 12.5. The summed E-state index contributed by atoms with van der Waals surface area (Å²) in [5, 5.41) is 0.719. The number of ketones is 1. The standard InChI is InChI=1S/C49H57ClF3N3O6S3/c1-48(2)20-18-45(37-8-13-41(50)14-9-37)40(32-48)33-55-22-24-56(25-23-55)42-15-10-38(11-16-42)46(57)35-64(58,59)44-17-12-39(47(31-44)65(60,61)49(51,52)53)30-36(19-21-54-26-28-62-29-27-54)34-63-43-6-4-3-5-7-43/h3-17,31,36H,18-30,32-35H2,1-2H3/t36-/m0/s1. The van der Waals surface area contributed by atoms with Crippen molar-refractivity contribution in [1.29, 1.82) is 0 Å². The molecule has 4 aromatic rings. The molecule has 0 N–H and O–H groups in total. The van der Waals surface area contributed by atoms with E-state index in [0.29, 0.717) is 51.1 Å². The number of rotatable bonds is 17. The van der Waals surface area contributed by atoms with Crippen LogP contribution in [0.4, 0.5) is 18.9 Å². The Morgan fingerprint density at radius 3 is 2.18 bits per heavy atom. The Kier molecular flexibility index (Phi) is 16.0. The van der Waals surface area contributed by atoms with E-state index >= 15 is 0 Å². The highest BCUT2D eigenvalue weighted by Gasteiger charge is 2.48. The van der Waals surface area contributed by atoms with E-state index in [-0.39, 0.29) is 28.9 Å². The number of hydrogen-bond donors (Lipinski definition) is 0. The number of sulfone groups is 2. The van der Waals surface area contributed by atoms with Crippen LogP contribution in [0.5, 0.6) is 0 Å². The molecule has 2 heterocycles. The third kappa shape index (κ3) is 12.8. The van der Waals surface area contributed by atoms with Gasteiger partial charge in [0, 0.05) is 72.7 Å². The first kappa shape index (κ1) is 49.2. The molecule has 1 atom stereocenters. The molecular formula is C49H57ClF3N3O6S3. The zero-order valence-corrected chi connectivity index (χ0v) is 40.1. The van der Waals surface area contributed by atoms with Gasteiger partial charge in [-0.05, 0) is 127 Å². The number of halogens is 4. The van der Waals surface area contributed by atoms with Gasteiger partial charge < -0.3 is 9.64 Å². The van der Waals surface area contributed by atoms with E-state index < -0.39 is 46.5 Å². The first-order chi connectivity index (χ1) is 30.9. The van der Waals surface area contributed by atoms with Gasteiger partial charge in [0.05, 0.1) is 23.0 Å². The molecule has 65 heavy (non-hydrogen) atoms. The van der Waals surface area contributed by atoms with Crippen LogP contribution in [0.3, 0.4) is 0 Å². The number of anilines is 1. The zero-order valence-electron chi connectivity index (χ0n) is 36.9. The fourth-order valence-electron chi connectivity index (χ4n) is 8.94. The summed E-state index contributed by atoms with van der Waals surface area (Å²) >= 11 is 7.71. The summed E-state index contributed by atoms with van der Waals surface area (Å²) in [5.41, 5.74) is -0.485. The van der Waals surface area contributed by atoms with E-state index in [1.807, 2.05) is 42.5 Å². The molecule has 2 saturated heterocycles. The number of ether oxygens (including phenoxy) is 1. The molecule has 7 rings (SSSR count). The molecular weight excluding hydrogens is 915 g/mol. The quantitative estimate of drug-likeness (QED) is 0.0751. The number of hydrogen-bond acceptors (Lipinski definition) is 10. The second-order valence-electron chi connectivity index (χ2n) is 18.1. The summed E-state index contributed by atoms with van der Waals surface area (Å²) < 4.78 is 102. The number of carbonyl (C=O) groups is 1. The molecule has 0 spiro atoms. The van der Waals surface area contributed by atoms with Crippen LogP contribution in [0.2, 0.25) is 5.02 Å². The van der Waals surface area contributed by atoms with Crippen LogP contribution < -0.4 is 4.90 Å². The second kappa shape index (κ2) is 21.1. The monoisotopic (exact) mass is 971 g/mol. The average molecular weight is 973 g/mol. The lowest BCUT2D eigenvalue weighted by Gasteiger charge is -2.39. The Hall–Kier alpha value is -3.70. The molecule has 4 aromatic carbocycles. The molecule has 2 aliphatic heterocycles. The van der Waals surface area contributed by atoms with Crippen LogP contribution in [-0.2, 0) is 30.8 Å². The number of thioether (sulfide) groups is 1. The van der Waals surface area contributed by atoms with Gasteiger partial charge in [-0.3, -0.25) is 14.6 Å². The van der Waals surface area contributed by atoms with E-state index in [4.69, 9.17) is 16.3 Å². The minimum atomic E-state index is -5.96. The van der Waals surface area contributed by atoms with E-state index in [9.17, 15) is 34.8 Å². The minimum absolute atomic E-state index is 0.0306. The minimum Gasteiger partial charge on any atom is -0.379 e. The number of piperazine rings is 1. The van der Waals surface area contributed by atoms with Crippen molar-refractivity contribution in [3.8, 4) is 0 Å². The van der Waals surface area contributed by atoms with Crippen molar-refractivity contribution < 1.29 is 39.5 Å². The van der Waals surface area contributed by atoms with Crippen molar-refractivity contribution in [1.82, 2.24) is 9.80 Å². The van der Waals surface area contributed by atoms with Gasteiger partial charge in [0.25, 0.3) is 9.84 Å². The summed E-state index contributed by atoms with van der Waals surface area (Å²) in [4.78, 5) is 19.6. The van der Waals surface area contributed by atoms with Crippen molar-refractivity contribution in [3.63, 3.8) is 0 Å². The number of Topliss-reactive ketones (excluding diaryl/α,β-unsaturated/α-hetero) is 1. The van der Waals surface area contributed by atoms with E-state index in [1.54, 1.807) is 24.3 Å². The molecule has 0 bridgehead atoms. The van der Waals surface area contributed by atoms with Crippen molar-refractivity contribution in [3.05, 3.63) is 124 Å². The maximum Gasteiger partial charge on any atom is 0.501 e. The summed E-state index contributed by atoms with van der Waals surface area (Å²) in [6.07, 6.45) is 3.71. The lowest BCUT2D eigenvalue weighted by molar-refractivity contribution is -0.0436. The zero-order chi connectivity index (χ0) is 46.4. The van der Waals surface area contributed by atoms with Gasteiger partial charge in [-0.15, -0.1) is 11.8 Å². The summed E-state index contributed by atoms with van der Waals surface area (Å²) in [6, 6.07) is 27.1. The number of morpholine rings is 1. The SMILES string of the molecule is CC1(C)CCC(c2ccc(Cl)cc2)=C(CN2CCN(c3ccc(C(=O)CS(=O)(=O)c4ccc(C[C@H](CCN5CCOCC5)CSc5ccccc5)c(S(=O)(=O)C(F)(F)F)c4)cc3)CC2)C1. The molecule has 0 unspecified atom stereocenters. The largest absolute Gasteiger partial charge is 0.501 e. The van der Waals surface area contributed by atoms with Crippen LogP contribution in [0.25, 0.3) is 5.57 Å². The highest BCUT2D eigenvalue weighted by Crippen LogP contribution is 2.43. The lowest BCUT2D eigenvalue weighted by atomic mass is 9.73. The van der Waals surface area contributed by atoms with Crippen molar-refractivity contribution in [2.75, 3.05) is 82.0 Å². The average Bonchev–Trinajstić information content (AvgIpc) is 3.28. The van der Waals surface area contributed by atoms with Crippen LogP contribution in [-0.4, -0.2) is 115 Å². The second-order valence-corrected chi connectivity index (χ2v) is 23.5. The van der Waals surface area contributed by atoms with Crippen LogP contribution in [0.15, 0.2) is 117 Å². The van der Waals surface area contributed by atoms with Crippen molar-refractivity contribution >= 4 is 60.1 Å². The highest BCUT2D eigenvalue weighted by atomic mass is 35.5. The van der Waals surface area contributed by atoms with Crippen molar-refractivity contribution in [2.24, 2.45) is 11.3 Å². The molecule has 9 nitrogen and oxygen atoms in total. The fraction of sp³-hybridized carbons (Fsp3) is 0.449.